The number of nitrogens with one attached hydrogen (secondary N) is 1. The number of carbonyl (C=O) groups is 1. The van der Waals surface area contributed by atoms with Crippen molar-refractivity contribution in [2.24, 2.45) is 5.92 Å². The van der Waals surface area contributed by atoms with Crippen molar-refractivity contribution in [3.05, 3.63) is 59.0 Å². The lowest BCUT2D eigenvalue weighted by molar-refractivity contribution is -0.129. The predicted molar refractivity (Wildman–Crippen MR) is 127 cm³/mol. The molecule has 5 nitrogen and oxygen atoms in total. The van der Waals surface area contributed by atoms with Gasteiger partial charge in [-0.2, -0.15) is 0 Å². The molecule has 1 unspecified atom stereocenters. The maximum atomic E-state index is 13.6. The van der Waals surface area contributed by atoms with E-state index in [9.17, 15) is 4.79 Å². The van der Waals surface area contributed by atoms with Crippen LogP contribution < -0.4 is 14.8 Å². The fourth-order valence-corrected chi connectivity index (χ4v) is 5.65. The number of hydrogen-bond acceptors (Lipinski definition) is 5. The van der Waals surface area contributed by atoms with Gasteiger partial charge in [-0.05, 0) is 49.1 Å². The lowest BCUT2D eigenvalue weighted by atomic mass is 9.85. The summed E-state index contributed by atoms with van der Waals surface area (Å²) in [5.74, 6) is 2.01. The summed E-state index contributed by atoms with van der Waals surface area (Å²) in [7, 11) is 3.27. The Labute approximate surface area is 188 Å². The number of benzene rings is 2. The molecule has 0 radical (unpaired) electrons. The van der Waals surface area contributed by atoms with Crippen LogP contribution in [0.2, 0.25) is 0 Å². The average molecular weight is 439 g/mol. The van der Waals surface area contributed by atoms with Crippen molar-refractivity contribution >= 4 is 29.4 Å². The van der Waals surface area contributed by atoms with E-state index in [1.165, 1.54) is 19.3 Å². The summed E-state index contributed by atoms with van der Waals surface area (Å²) in [6.07, 6.45) is 6.59. The second-order valence-corrected chi connectivity index (χ2v) is 9.26. The largest absolute Gasteiger partial charge is 0.497 e. The Morgan fingerprint density at radius 3 is 2.55 bits per heavy atom. The van der Waals surface area contributed by atoms with Crippen LogP contribution in [0.3, 0.4) is 0 Å². The minimum absolute atomic E-state index is 0.0926. The molecule has 4 rings (SSSR count). The van der Waals surface area contributed by atoms with Crippen molar-refractivity contribution in [2.75, 3.05) is 19.5 Å². The fourth-order valence-electron chi connectivity index (χ4n) is 4.45. The molecule has 2 aromatic carbocycles. The Morgan fingerprint density at radius 1 is 1.06 bits per heavy atom. The number of carbonyl (C=O) groups excluding carboxylic acids is 1. The van der Waals surface area contributed by atoms with Crippen LogP contribution in [-0.2, 0) is 4.79 Å². The van der Waals surface area contributed by atoms with Crippen LogP contribution >= 0.6 is 11.8 Å². The molecule has 1 saturated carbocycles. The van der Waals surface area contributed by atoms with Crippen LogP contribution in [-0.4, -0.2) is 36.6 Å². The Kier molecular flexibility index (Phi) is 6.76. The molecule has 2 aliphatic rings. The number of hydrogen-bond donors (Lipinski definition) is 1. The summed E-state index contributed by atoms with van der Waals surface area (Å²) in [5.41, 5.74) is 1.76. The maximum Gasteiger partial charge on any atom is 0.262 e. The molecule has 164 valence electrons. The highest BCUT2D eigenvalue weighted by molar-refractivity contribution is 8.05. The Bertz CT molecular complexity index is 947. The van der Waals surface area contributed by atoms with Crippen molar-refractivity contribution in [1.82, 2.24) is 4.90 Å². The highest BCUT2D eigenvalue weighted by Crippen LogP contribution is 2.43. The predicted octanol–water partition coefficient (Wildman–Crippen LogP) is 5.59. The molecule has 1 heterocycles. The summed E-state index contributed by atoms with van der Waals surface area (Å²) in [5, 5.41) is 3.58. The lowest BCUT2D eigenvalue weighted by Gasteiger charge is -2.39. The molecule has 3 atom stereocenters. The molecule has 31 heavy (non-hydrogen) atoms. The summed E-state index contributed by atoms with van der Waals surface area (Å²) >= 11 is 1.58. The van der Waals surface area contributed by atoms with E-state index in [-0.39, 0.29) is 17.4 Å². The number of amides is 1. The van der Waals surface area contributed by atoms with Crippen LogP contribution in [0.15, 0.2) is 53.4 Å². The molecule has 1 N–H and O–H groups in total. The SMILES string of the molecule is COc1ccc(/C=C2\SC(Nc3ccccc3)N([C@H]3CCCC[C@@H]3C)C2=O)c(OC)c1. The van der Waals surface area contributed by atoms with Gasteiger partial charge in [-0.25, -0.2) is 0 Å². The van der Waals surface area contributed by atoms with Crippen molar-refractivity contribution in [1.29, 1.82) is 0 Å². The second kappa shape index (κ2) is 9.69. The van der Waals surface area contributed by atoms with Crippen molar-refractivity contribution in [3.63, 3.8) is 0 Å². The summed E-state index contributed by atoms with van der Waals surface area (Å²) < 4.78 is 10.8. The third kappa shape index (κ3) is 4.69. The maximum absolute atomic E-state index is 13.6. The molecule has 0 aromatic heterocycles. The molecule has 1 amide bonds. The number of methoxy groups -OCH3 is 2. The van der Waals surface area contributed by atoms with Crippen LogP contribution in [0.4, 0.5) is 5.69 Å². The zero-order valence-electron chi connectivity index (χ0n) is 18.3. The molecule has 0 spiro atoms. The Hall–Kier alpha value is -2.60. The van der Waals surface area contributed by atoms with Gasteiger partial charge >= 0.3 is 0 Å². The smallest absolute Gasteiger partial charge is 0.262 e. The van der Waals surface area contributed by atoms with Crippen LogP contribution in [0.5, 0.6) is 11.5 Å². The monoisotopic (exact) mass is 438 g/mol. The summed E-state index contributed by atoms with van der Waals surface area (Å²) in [4.78, 5) is 16.4. The van der Waals surface area contributed by atoms with E-state index < -0.39 is 0 Å². The topological polar surface area (TPSA) is 50.8 Å². The molecule has 2 fully saturated rings. The van der Waals surface area contributed by atoms with Gasteiger partial charge in [0.05, 0.1) is 19.1 Å². The first-order valence-corrected chi connectivity index (χ1v) is 11.7. The summed E-state index contributed by atoms with van der Waals surface area (Å²) in [6, 6.07) is 16.0. The minimum atomic E-state index is -0.129. The second-order valence-electron chi connectivity index (χ2n) is 8.14. The van der Waals surface area contributed by atoms with E-state index >= 15 is 0 Å². The van der Waals surface area contributed by atoms with E-state index in [1.807, 2.05) is 54.6 Å². The normalized spacial score (nSPS) is 25.0. The quantitative estimate of drug-likeness (QED) is 0.596. The standard InChI is InChI=1S/C25H30N2O3S/c1-17-9-7-8-12-21(17)27-24(28)23(31-25(27)26-19-10-5-4-6-11-19)15-18-13-14-20(29-2)16-22(18)30-3/h4-6,10-11,13-17,21,25-26H,7-9,12H2,1-3H3/b23-15-/t17-,21-,25?/m0/s1. The molecule has 1 aliphatic carbocycles. The molecule has 1 saturated heterocycles. The summed E-state index contributed by atoms with van der Waals surface area (Å²) in [6.45, 7) is 2.27. The number of anilines is 1. The third-order valence-corrected chi connectivity index (χ3v) is 7.27. The van der Waals surface area contributed by atoms with Crippen LogP contribution in [0, 0.1) is 5.92 Å². The van der Waals surface area contributed by atoms with Gasteiger partial charge in [0.15, 0.2) is 5.50 Å². The van der Waals surface area contributed by atoms with Gasteiger partial charge < -0.3 is 19.7 Å². The van der Waals surface area contributed by atoms with E-state index in [0.717, 1.165) is 28.3 Å². The zero-order valence-corrected chi connectivity index (χ0v) is 19.2. The highest BCUT2D eigenvalue weighted by Gasteiger charge is 2.43. The molecular weight excluding hydrogens is 408 g/mol. The third-order valence-electron chi connectivity index (χ3n) is 6.15. The molecule has 2 aromatic rings. The minimum Gasteiger partial charge on any atom is -0.497 e. The molecular formula is C25H30N2O3S. The number of nitrogens with zero attached hydrogens (tertiary/aromatic N) is 1. The van der Waals surface area contributed by atoms with Gasteiger partial charge in [-0.1, -0.05) is 49.7 Å². The Balaban J connectivity index is 1.67. The van der Waals surface area contributed by atoms with E-state index in [2.05, 4.69) is 17.1 Å². The van der Waals surface area contributed by atoms with Gasteiger partial charge in [0.1, 0.15) is 11.5 Å². The van der Waals surface area contributed by atoms with E-state index in [4.69, 9.17) is 9.47 Å². The molecule has 0 bridgehead atoms. The Morgan fingerprint density at radius 2 is 1.84 bits per heavy atom. The molecule has 1 aliphatic heterocycles. The lowest BCUT2D eigenvalue weighted by Crippen LogP contribution is -2.48. The van der Waals surface area contributed by atoms with Gasteiger partial charge in [-0.3, -0.25) is 4.79 Å². The van der Waals surface area contributed by atoms with Crippen molar-refractivity contribution in [3.8, 4) is 11.5 Å². The first-order chi connectivity index (χ1) is 15.1. The van der Waals surface area contributed by atoms with Crippen LogP contribution in [0.1, 0.15) is 38.2 Å². The number of rotatable bonds is 6. The van der Waals surface area contributed by atoms with Crippen molar-refractivity contribution in [2.45, 2.75) is 44.1 Å². The van der Waals surface area contributed by atoms with Gasteiger partial charge in [0, 0.05) is 23.4 Å². The average Bonchev–Trinajstić information content (AvgIpc) is 3.09. The van der Waals surface area contributed by atoms with E-state index in [1.54, 1.807) is 26.0 Å². The first kappa shape index (κ1) is 21.6. The number of para-hydroxylation sites is 1. The number of ether oxygens (including phenoxy) is 2. The van der Waals surface area contributed by atoms with Crippen LogP contribution in [0.25, 0.3) is 6.08 Å². The van der Waals surface area contributed by atoms with Gasteiger partial charge in [0.25, 0.3) is 5.91 Å². The van der Waals surface area contributed by atoms with E-state index in [0.29, 0.717) is 11.7 Å². The fraction of sp³-hybridized carbons (Fsp3) is 0.400. The first-order valence-electron chi connectivity index (χ1n) is 10.9. The molecule has 6 heteroatoms. The van der Waals surface area contributed by atoms with Gasteiger partial charge in [-0.15, -0.1) is 0 Å². The number of thioether (sulfide) groups is 1. The highest BCUT2D eigenvalue weighted by atomic mass is 32.2. The zero-order chi connectivity index (χ0) is 21.8. The van der Waals surface area contributed by atoms with Crippen molar-refractivity contribution < 1.29 is 14.3 Å². The van der Waals surface area contributed by atoms with Gasteiger partial charge in [0.2, 0.25) is 0 Å².